The molecular formula is C16H25NO. The van der Waals surface area contributed by atoms with Gasteiger partial charge in [0.15, 0.2) is 0 Å². The van der Waals surface area contributed by atoms with Crippen LogP contribution in [0.5, 0.6) is 0 Å². The summed E-state index contributed by atoms with van der Waals surface area (Å²) in [6.45, 7) is 2.32. The van der Waals surface area contributed by atoms with Gasteiger partial charge in [0.25, 0.3) is 0 Å². The van der Waals surface area contributed by atoms with Crippen molar-refractivity contribution >= 4 is 0 Å². The Kier molecular flexibility index (Phi) is 3.47. The molecule has 0 bridgehead atoms. The molecule has 1 aromatic heterocycles. The fourth-order valence-electron chi connectivity index (χ4n) is 3.92. The van der Waals surface area contributed by atoms with Crippen molar-refractivity contribution in [3.63, 3.8) is 0 Å². The van der Waals surface area contributed by atoms with Crippen LogP contribution in [0.25, 0.3) is 0 Å². The molecule has 3 atom stereocenters. The Hall–Kier alpha value is -0.760. The molecule has 2 aliphatic rings. The number of nitrogens with zero attached hydrogens (tertiary/aromatic N) is 1. The molecule has 1 heterocycles. The molecule has 0 saturated heterocycles. The van der Waals surface area contributed by atoms with Gasteiger partial charge in [-0.25, -0.2) is 0 Å². The number of rotatable bonds is 2. The molecule has 1 N–H and O–H groups in total. The van der Waals surface area contributed by atoms with Crippen LogP contribution in [0.15, 0.2) is 12.3 Å². The first-order chi connectivity index (χ1) is 8.79. The van der Waals surface area contributed by atoms with E-state index in [-0.39, 0.29) is 6.10 Å². The number of fused-ring (bicyclic) bond motifs is 1. The molecule has 2 heteroatoms. The summed E-state index contributed by atoms with van der Waals surface area (Å²) in [5, 5.41) is 10.1. The van der Waals surface area contributed by atoms with Crippen molar-refractivity contribution in [3.05, 3.63) is 23.5 Å². The minimum atomic E-state index is -0.208. The molecule has 1 aromatic rings. The Balaban J connectivity index is 1.84. The van der Waals surface area contributed by atoms with E-state index in [9.17, 15) is 5.11 Å². The maximum absolute atomic E-state index is 10.1. The monoisotopic (exact) mass is 247 g/mol. The smallest absolute Gasteiger partial charge is 0.0807 e. The van der Waals surface area contributed by atoms with Gasteiger partial charge < -0.3 is 9.67 Å². The van der Waals surface area contributed by atoms with Crippen molar-refractivity contribution in [2.45, 2.75) is 70.4 Å². The summed E-state index contributed by atoms with van der Waals surface area (Å²) in [4.78, 5) is 0. The Labute approximate surface area is 110 Å². The van der Waals surface area contributed by atoms with E-state index in [0.717, 1.165) is 25.2 Å². The molecule has 1 fully saturated rings. The summed E-state index contributed by atoms with van der Waals surface area (Å²) in [6, 6.07) is 2.85. The first kappa shape index (κ1) is 12.3. The minimum absolute atomic E-state index is 0.208. The number of aliphatic hydroxyl groups is 1. The highest BCUT2D eigenvalue weighted by molar-refractivity contribution is 5.28. The molecule has 2 nitrogen and oxygen atoms in total. The van der Waals surface area contributed by atoms with Crippen LogP contribution in [-0.2, 0) is 6.42 Å². The fourth-order valence-corrected chi connectivity index (χ4v) is 3.92. The van der Waals surface area contributed by atoms with Gasteiger partial charge in [-0.1, -0.05) is 26.2 Å². The van der Waals surface area contributed by atoms with Gasteiger partial charge in [-0.2, -0.15) is 0 Å². The molecule has 0 aliphatic heterocycles. The van der Waals surface area contributed by atoms with E-state index >= 15 is 0 Å². The lowest BCUT2D eigenvalue weighted by Gasteiger charge is -2.32. The number of aromatic nitrogens is 1. The van der Waals surface area contributed by atoms with Crippen molar-refractivity contribution in [1.29, 1.82) is 0 Å². The molecule has 100 valence electrons. The lowest BCUT2D eigenvalue weighted by atomic mass is 9.83. The van der Waals surface area contributed by atoms with Crippen LogP contribution < -0.4 is 0 Å². The SMILES string of the molecule is CCC1CCCC(n2ccc3c2CCCC3O)C1. The average molecular weight is 247 g/mol. The highest BCUT2D eigenvalue weighted by atomic mass is 16.3. The third-order valence-electron chi connectivity index (χ3n) is 5.04. The molecule has 0 amide bonds. The molecule has 0 aromatic carbocycles. The quantitative estimate of drug-likeness (QED) is 0.839. The normalized spacial score (nSPS) is 32.2. The Morgan fingerprint density at radius 1 is 1.28 bits per heavy atom. The number of hydrogen-bond acceptors (Lipinski definition) is 1. The lowest BCUT2D eigenvalue weighted by molar-refractivity contribution is 0.154. The van der Waals surface area contributed by atoms with Gasteiger partial charge in [0.2, 0.25) is 0 Å². The second-order valence-electron chi connectivity index (χ2n) is 6.13. The molecule has 0 radical (unpaired) electrons. The molecule has 1 saturated carbocycles. The standard InChI is InChI=1S/C16H25NO/c1-2-12-5-3-6-13(11-12)17-10-9-14-15(17)7-4-8-16(14)18/h9-10,12-13,16,18H,2-8,11H2,1H3. The lowest BCUT2D eigenvalue weighted by Crippen LogP contribution is -2.21. The Morgan fingerprint density at radius 3 is 3.00 bits per heavy atom. The molecule has 0 spiro atoms. The zero-order chi connectivity index (χ0) is 12.5. The zero-order valence-corrected chi connectivity index (χ0v) is 11.4. The Morgan fingerprint density at radius 2 is 2.17 bits per heavy atom. The second-order valence-corrected chi connectivity index (χ2v) is 6.13. The predicted octanol–water partition coefficient (Wildman–Crippen LogP) is 4.00. The fraction of sp³-hybridized carbons (Fsp3) is 0.750. The first-order valence-corrected chi connectivity index (χ1v) is 7.67. The average Bonchev–Trinajstić information content (AvgIpc) is 2.84. The largest absolute Gasteiger partial charge is 0.388 e. The van der Waals surface area contributed by atoms with Gasteiger partial charge in [-0.3, -0.25) is 0 Å². The maximum atomic E-state index is 10.1. The van der Waals surface area contributed by atoms with Crippen molar-refractivity contribution < 1.29 is 5.11 Å². The predicted molar refractivity (Wildman–Crippen MR) is 73.6 cm³/mol. The highest BCUT2D eigenvalue weighted by Gasteiger charge is 2.27. The van der Waals surface area contributed by atoms with E-state index in [1.54, 1.807) is 0 Å². The van der Waals surface area contributed by atoms with Crippen LogP contribution in [0.4, 0.5) is 0 Å². The molecule has 3 unspecified atom stereocenters. The minimum Gasteiger partial charge on any atom is -0.388 e. The molecule has 3 rings (SSSR count). The van der Waals surface area contributed by atoms with Crippen LogP contribution in [0, 0.1) is 5.92 Å². The maximum Gasteiger partial charge on any atom is 0.0807 e. The van der Waals surface area contributed by atoms with Crippen LogP contribution in [0.3, 0.4) is 0 Å². The van der Waals surface area contributed by atoms with E-state index in [2.05, 4.69) is 23.8 Å². The van der Waals surface area contributed by atoms with E-state index in [1.165, 1.54) is 43.4 Å². The van der Waals surface area contributed by atoms with Gasteiger partial charge in [0.1, 0.15) is 0 Å². The van der Waals surface area contributed by atoms with Crippen LogP contribution in [-0.4, -0.2) is 9.67 Å². The van der Waals surface area contributed by atoms with Crippen molar-refractivity contribution in [3.8, 4) is 0 Å². The summed E-state index contributed by atoms with van der Waals surface area (Å²) in [5.41, 5.74) is 2.63. The zero-order valence-electron chi connectivity index (χ0n) is 11.4. The van der Waals surface area contributed by atoms with Gasteiger partial charge in [0.05, 0.1) is 6.10 Å². The summed E-state index contributed by atoms with van der Waals surface area (Å²) < 4.78 is 2.50. The van der Waals surface area contributed by atoms with Crippen LogP contribution >= 0.6 is 0 Å². The topological polar surface area (TPSA) is 25.2 Å². The van der Waals surface area contributed by atoms with Gasteiger partial charge in [-0.05, 0) is 44.1 Å². The summed E-state index contributed by atoms with van der Waals surface area (Å²) in [6.07, 6.45) is 12.1. The van der Waals surface area contributed by atoms with Gasteiger partial charge >= 0.3 is 0 Å². The third kappa shape index (κ3) is 2.11. The molecule has 18 heavy (non-hydrogen) atoms. The van der Waals surface area contributed by atoms with Gasteiger partial charge in [-0.15, -0.1) is 0 Å². The molecule has 2 aliphatic carbocycles. The summed E-state index contributed by atoms with van der Waals surface area (Å²) >= 11 is 0. The summed E-state index contributed by atoms with van der Waals surface area (Å²) in [7, 11) is 0. The second kappa shape index (κ2) is 5.08. The van der Waals surface area contributed by atoms with E-state index in [4.69, 9.17) is 0 Å². The van der Waals surface area contributed by atoms with Crippen LogP contribution in [0.2, 0.25) is 0 Å². The van der Waals surface area contributed by atoms with E-state index in [0.29, 0.717) is 6.04 Å². The Bertz CT molecular complexity index is 409. The van der Waals surface area contributed by atoms with Crippen LogP contribution in [0.1, 0.15) is 75.3 Å². The van der Waals surface area contributed by atoms with E-state index < -0.39 is 0 Å². The van der Waals surface area contributed by atoms with Crippen molar-refractivity contribution in [2.75, 3.05) is 0 Å². The third-order valence-corrected chi connectivity index (χ3v) is 5.04. The van der Waals surface area contributed by atoms with Crippen molar-refractivity contribution in [1.82, 2.24) is 4.57 Å². The van der Waals surface area contributed by atoms with Crippen molar-refractivity contribution in [2.24, 2.45) is 5.92 Å². The molecular weight excluding hydrogens is 222 g/mol. The number of aliphatic hydroxyl groups excluding tert-OH is 1. The highest BCUT2D eigenvalue weighted by Crippen LogP contribution is 2.38. The van der Waals surface area contributed by atoms with Gasteiger partial charge in [0, 0.05) is 23.5 Å². The summed E-state index contributed by atoms with van der Waals surface area (Å²) in [5.74, 6) is 0.912. The van der Waals surface area contributed by atoms with E-state index in [1.807, 2.05) is 0 Å². The first-order valence-electron chi connectivity index (χ1n) is 7.67. The number of hydrogen-bond donors (Lipinski definition) is 1.